The van der Waals surface area contributed by atoms with Crippen LogP contribution in [0.4, 0.5) is 4.79 Å². The SMILES string of the molecule is Cc1cc(C)c(S(=O)(=O)Cl)cc1OC(N)=O. The molecule has 0 spiro atoms. The summed E-state index contributed by atoms with van der Waals surface area (Å²) in [6, 6.07) is 2.73. The van der Waals surface area contributed by atoms with E-state index >= 15 is 0 Å². The summed E-state index contributed by atoms with van der Waals surface area (Å²) in [4.78, 5) is 10.5. The molecule has 0 bridgehead atoms. The highest BCUT2D eigenvalue weighted by atomic mass is 35.7. The number of nitrogens with two attached hydrogens (primary N) is 1. The van der Waals surface area contributed by atoms with Gasteiger partial charge in [0.2, 0.25) is 0 Å². The van der Waals surface area contributed by atoms with Gasteiger partial charge in [-0.15, -0.1) is 0 Å². The number of rotatable bonds is 2. The molecule has 88 valence electrons. The maximum atomic E-state index is 11.2. The average Bonchev–Trinajstić information content (AvgIpc) is 2.06. The fourth-order valence-electron chi connectivity index (χ4n) is 1.29. The lowest BCUT2D eigenvalue weighted by Gasteiger charge is -2.09. The molecule has 5 nitrogen and oxygen atoms in total. The first kappa shape index (κ1) is 12.8. The van der Waals surface area contributed by atoms with Crippen molar-refractivity contribution in [3.05, 3.63) is 23.3 Å². The van der Waals surface area contributed by atoms with Crippen molar-refractivity contribution in [1.82, 2.24) is 0 Å². The number of hydrogen-bond donors (Lipinski definition) is 1. The zero-order valence-electron chi connectivity index (χ0n) is 8.65. The second kappa shape index (κ2) is 4.31. The van der Waals surface area contributed by atoms with Crippen LogP contribution in [0.5, 0.6) is 5.75 Å². The Kier molecular flexibility index (Phi) is 3.44. The van der Waals surface area contributed by atoms with Gasteiger partial charge in [0, 0.05) is 16.7 Å². The molecule has 0 fully saturated rings. The van der Waals surface area contributed by atoms with Crippen LogP contribution in [0.25, 0.3) is 0 Å². The number of aryl methyl sites for hydroxylation is 2. The van der Waals surface area contributed by atoms with Gasteiger partial charge >= 0.3 is 6.09 Å². The summed E-state index contributed by atoms with van der Waals surface area (Å²) in [5.74, 6) is 0.0809. The van der Waals surface area contributed by atoms with Gasteiger partial charge in [0.25, 0.3) is 9.05 Å². The molecule has 1 rings (SSSR count). The summed E-state index contributed by atoms with van der Waals surface area (Å²) in [6.45, 7) is 3.26. The van der Waals surface area contributed by atoms with Crippen LogP contribution in [-0.4, -0.2) is 14.5 Å². The largest absolute Gasteiger partial charge is 0.410 e. The lowest BCUT2D eigenvalue weighted by Crippen LogP contribution is -2.17. The average molecular weight is 264 g/mol. The molecule has 0 unspecified atom stereocenters. The predicted octanol–water partition coefficient (Wildman–Crippen LogP) is 1.69. The third-order valence-corrected chi connectivity index (χ3v) is 3.41. The maximum absolute atomic E-state index is 11.2. The molecule has 0 aliphatic carbocycles. The number of primary amides is 1. The highest BCUT2D eigenvalue weighted by Gasteiger charge is 2.17. The van der Waals surface area contributed by atoms with Crippen molar-refractivity contribution in [2.75, 3.05) is 0 Å². The molecule has 0 aliphatic rings. The highest BCUT2D eigenvalue weighted by Crippen LogP contribution is 2.28. The van der Waals surface area contributed by atoms with Crippen molar-refractivity contribution in [2.24, 2.45) is 5.73 Å². The van der Waals surface area contributed by atoms with Crippen LogP contribution in [0.15, 0.2) is 17.0 Å². The van der Waals surface area contributed by atoms with Crippen molar-refractivity contribution in [2.45, 2.75) is 18.7 Å². The molecule has 7 heteroatoms. The van der Waals surface area contributed by atoms with E-state index in [9.17, 15) is 13.2 Å². The Bertz CT molecular complexity index is 539. The molecule has 0 radical (unpaired) electrons. The molecular formula is C9H10ClNO4S. The Morgan fingerprint density at radius 3 is 2.31 bits per heavy atom. The fraction of sp³-hybridized carbons (Fsp3) is 0.222. The van der Waals surface area contributed by atoms with Crippen LogP contribution >= 0.6 is 10.7 Å². The Morgan fingerprint density at radius 1 is 1.31 bits per heavy atom. The first-order valence-corrected chi connectivity index (χ1v) is 6.56. The summed E-state index contributed by atoms with van der Waals surface area (Å²) in [5.41, 5.74) is 5.92. The van der Waals surface area contributed by atoms with Gasteiger partial charge in [-0.1, -0.05) is 6.07 Å². The molecule has 0 saturated carbocycles. The van der Waals surface area contributed by atoms with Gasteiger partial charge in [-0.3, -0.25) is 0 Å². The van der Waals surface area contributed by atoms with E-state index in [0.29, 0.717) is 11.1 Å². The molecule has 0 saturated heterocycles. The minimum Gasteiger partial charge on any atom is -0.410 e. The van der Waals surface area contributed by atoms with E-state index in [4.69, 9.17) is 16.4 Å². The Balaban J connectivity index is 3.38. The number of ether oxygens (including phenoxy) is 1. The van der Waals surface area contributed by atoms with Crippen LogP contribution in [-0.2, 0) is 9.05 Å². The zero-order chi connectivity index (χ0) is 12.5. The number of benzene rings is 1. The molecule has 16 heavy (non-hydrogen) atoms. The van der Waals surface area contributed by atoms with Gasteiger partial charge in [0.15, 0.2) is 0 Å². The third kappa shape index (κ3) is 2.86. The summed E-state index contributed by atoms with van der Waals surface area (Å²) >= 11 is 0. The van der Waals surface area contributed by atoms with Crippen LogP contribution in [0.1, 0.15) is 11.1 Å². The standard InChI is InChI=1S/C9H10ClNO4S/c1-5-3-6(2)8(16(10,13)14)4-7(5)15-9(11)12/h3-4H,1-2H3,(H2,11,12). The van der Waals surface area contributed by atoms with Crippen LogP contribution in [0, 0.1) is 13.8 Å². The predicted molar refractivity (Wildman–Crippen MR) is 59.2 cm³/mol. The van der Waals surface area contributed by atoms with E-state index in [1.54, 1.807) is 19.9 Å². The molecule has 0 aromatic heterocycles. The van der Waals surface area contributed by atoms with E-state index in [1.165, 1.54) is 6.07 Å². The van der Waals surface area contributed by atoms with Crippen molar-refractivity contribution >= 4 is 25.8 Å². The summed E-state index contributed by atoms with van der Waals surface area (Å²) in [7, 11) is 1.36. The normalized spacial score (nSPS) is 11.2. The molecule has 1 amide bonds. The molecular weight excluding hydrogens is 254 g/mol. The lowest BCUT2D eigenvalue weighted by molar-refractivity contribution is 0.210. The number of amides is 1. The van der Waals surface area contributed by atoms with Crippen LogP contribution < -0.4 is 10.5 Å². The van der Waals surface area contributed by atoms with Crippen molar-refractivity contribution in [3.8, 4) is 5.75 Å². The Hall–Kier alpha value is -1.27. The number of carbonyl (C=O) groups excluding carboxylic acids is 1. The second-order valence-corrected chi connectivity index (χ2v) is 5.78. The monoisotopic (exact) mass is 263 g/mol. The van der Waals surface area contributed by atoms with Gasteiger partial charge < -0.3 is 10.5 Å². The first-order chi connectivity index (χ1) is 7.21. The van der Waals surface area contributed by atoms with E-state index in [0.717, 1.165) is 0 Å². The molecule has 0 atom stereocenters. The fourth-order valence-corrected chi connectivity index (χ4v) is 2.48. The minimum absolute atomic E-state index is 0.0809. The van der Waals surface area contributed by atoms with E-state index in [2.05, 4.69) is 4.74 Å². The van der Waals surface area contributed by atoms with Crippen LogP contribution in [0.2, 0.25) is 0 Å². The number of halogens is 1. The molecule has 1 aromatic rings. The van der Waals surface area contributed by atoms with Gasteiger partial charge in [-0.25, -0.2) is 13.2 Å². The van der Waals surface area contributed by atoms with Crippen molar-refractivity contribution in [1.29, 1.82) is 0 Å². The molecule has 2 N–H and O–H groups in total. The quantitative estimate of drug-likeness (QED) is 0.823. The lowest BCUT2D eigenvalue weighted by atomic mass is 10.1. The topological polar surface area (TPSA) is 86.5 Å². The smallest absolute Gasteiger partial charge is 0.409 e. The van der Waals surface area contributed by atoms with Gasteiger partial charge in [-0.05, 0) is 25.0 Å². The van der Waals surface area contributed by atoms with E-state index < -0.39 is 15.1 Å². The van der Waals surface area contributed by atoms with E-state index in [-0.39, 0.29) is 10.6 Å². The first-order valence-electron chi connectivity index (χ1n) is 4.25. The molecule has 0 heterocycles. The summed E-state index contributed by atoms with van der Waals surface area (Å²) < 4.78 is 27.0. The van der Waals surface area contributed by atoms with E-state index in [1.807, 2.05) is 0 Å². The summed E-state index contributed by atoms with van der Waals surface area (Å²) in [5, 5.41) is 0. The van der Waals surface area contributed by atoms with Gasteiger partial charge in [-0.2, -0.15) is 0 Å². The molecule has 0 aliphatic heterocycles. The minimum atomic E-state index is -3.87. The van der Waals surface area contributed by atoms with Crippen LogP contribution in [0.3, 0.4) is 0 Å². The van der Waals surface area contributed by atoms with Gasteiger partial charge in [0.1, 0.15) is 5.75 Å². The van der Waals surface area contributed by atoms with Crippen molar-refractivity contribution in [3.63, 3.8) is 0 Å². The number of hydrogen-bond acceptors (Lipinski definition) is 4. The highest BCUT2D eigenvalue weighted by molar-refractivity contribution is 8.13. The Labute approximate surface area is 97.6 Å². The summed E-state index contributed by atoms with van der Waals surface area (Å²) in [6.07, 6.45) is -1.01. The van der Waals surface area contributed by atoms with Crippen molar-refractivity contribution < 1.29 is 17.9 Å². The van der Waals surface area contributed by atoms with Gasteiger partial charge in [0.05, 0.1) is 4.90 Å². The second-order valence-electron chi connectivity index (χ2n) is 3.24. The zero-order valence-corrected chi connectivity index (χ0v) is 10.2. The Morgan fingerprint density at radius 2 is 1.88 bits per heavy atom. The number of carbonyl (C=O) groups is 1. The molecule has 1 aromatic carbocycles. The third-order valence-electron chi connectivity index (χ3n) is 1.95. The maximum Gasteiger partial charge on any atom is 0.409 e.